The summed E-state index contributed by atoms with van der Waals surface area (Å²) in [6.07, 6.45) is 1.10. The van der Waals surface area contributed by atoms with Gasteiger partial charge in [0.2, 0.25) is 5.91 Å². The molecule has 0 saturated heterocycles. The van der Waals surface area contributed by atoms with E-state index >= 15 is 0 Å². The quantitative estimate of drug-likeness (QED) is 0.410. The molecule has 0 bridgehead atoms. The van der Waals surface area contributed by atoms with E-state index in [-0.39, 0.29) is 18.9 Å². The summed E-state index contributed by atoms with van der Waals surface area (Å²) in [6, 6.07) is 14.6. The van der Waals surface area contributed by atoms with Crippen LogP contribution in [0, 0.1) is 5.92 Å². The topological polar surface area (TPSA) is 121 Å². The van der Waals surface area contributed by atoms with Crippen molar-refractivity contribution in [3.8, 4) is 0 Å². The van der Waals surface area contributed by atoms with Crippen LogP contribution in [0.3, 0.4) is 0 Å². The minimum Gasteiger partial charge on any atom is -0.480 e. The highest BCUT2D eigenvalue weighted by Gasteiger charge is 2.29. The van der Waals surface area contributed by atoms with Gasteiger partial charge in [0.15, 0.2) is 0 Å². The predicted octanol–water partition coefficient (Wildman–Crippen LogP) is 3.23. The third-order valence-electron chi connectivity index (χ3n) is 5.15. The number of amides is 2. The number of benzene rings is 2. The van der Waals surface area contributed by atoms with Crippen LogP contribution >= 0.6 is 0 Å². The molecule has 0 spiro atoms. The number of alkyl carbamates (subject to hydrolysis) is 1. The van der Waals surface area contributed by atoms with Crippen molar-refractivity contribution in [2.75, 3.05) is 0 Å². The number of aromatic nitrogens is 1. The first-order chi connectivity index (χ1) is 15.3. The van der Waals surface area contributed by atoms with Gasteiger partial charge < -0.3 is 25.5 Å². The van der Waals surface area contributed by atoms with E-state index in [0.717, 1.165) is 22.0 Å². The van der Waals surface area contributed by atoms with Crippen LogP contribution in [-0.2, 0) is 27.4 Å². The van der Waals surface area contributed by atoms with Gasteiger partial charge >= 0.3 is 12.1 Å². The lowest BCUT2D eigenvalue weighted by Crippen LogP contribution is -2.54. The highest BCUT2D eigenvalue weighted by atomic mass is 16.5. The highest BCUT2D eigenvalue weighted by molar-refractivity contribution is 5.90. The molecule has 3 rings (SSSR count). The lowest BCUT2D eigenvalue weighted by molar-refractivity contribution is -0.142. The number of hydrogen-bond acceptors (Lipinski definition) is 4. The number of fused-ring (bicyclic) bond motifs is 1. The van der Waals surface area contributed by atoms with E-state index < -0.39 is 30.1 Å². The first kappa shape index (κ1) is 22.9. The van der Waals surface area contributed by atoms with Gasteiger partial charge in [-0.3, -0.25) is 4.79 Å². The normalized spacial score (nSPS) is 12.8. The first-order valence-electron chi connectivity index (χ1n) is 10.4. The van der Waals surface area contributed by atoms with E-state index in [2.05, 4.69) is 15.6 Å². The van der Waals surface area contributed by atoms with E-state index in [0.29, 0.717) is 0 Å². The molecular formula is C24H27N3O5. The summed E-state index contributed by atoms with van der Waals surface area (Å²) in [5.74, 6) is -2.01. The number of rotatable bonds is 9. The average molecular weight is 437 g/mol. The monoisotopic (exact) mass is 437 g/mol. The van der Waals surface area contributed by atoms with Gasteiger partial charge in [-0.15, -0.1) is 0 Å². The van der Waals surface area contributed by atoms with Crippen LogP contribution in [0.25, 0.3) is 10.9 Å². The predicted molar refractivity (Wildman–Crippen MR) is 120 cm³/mol. The number of carboxylic acid groups (broad SMARTS) is 1. The van der Waals surface area contributed by atoms with Crippen LogP contribution < -0.4 is 10.6 Å². The zero-order valence-corrected chi connectivity index (χ0v) is 18.0. The fourth-order valence-electron chi connectivity index (χ4n) is 3.41. The molecule has 8 heteroatoms. The van der Waals surface area contributed by atoms with Crippen molar-refractivity contribution in [1.82, 2.24) is 15.6 Å². The maximum absolute atomic E-state index is 12.8. The van der Waals surface area contributed by atoms with Gasteiger partial charge in [0, 0.05) is 23.5 Å². The van der Waals surface area contributed by atoms with E-state index in [4.69, 9.17) is 4.74 Å². The second kappa shape index (κ2) is 10.5. The van der Waals surface area contributed by atoms with Crippen molar-refractivity contribution >= 4 is 28.9 Å². The van der Waals surface area contributed by atoms with Gasteiger partial charge in [0.05, 0.1) is 0 Å². The Labute approximate surface area is 186 Å². The molecule has 2 atom stereocenters. The molecule has 0 aliphatic rings. The number of aromatic amines is 1. The lowest BCUT2D eigenvalue weighted by atomic mass is 10.0. The second-order valence-corrected chi connectivity index (χ2v) is 7.89. The summed E-state index contributed by atoms with van der Waals surface area (Å²) in [6.45, 7) is 3.59. The van der Waals surface area contributed by atoms with Crippen LogP contribution in [0.2, 0.25) is 0 Å². The molecule has 0 fully saturated rings. The van der Waals surface area contributed by atoms with Crippen molar-refractivity contribution in [3.63, 3.8) is 0 Å². The van der Waals surface area contributed by atoms with Gasteiger partial charge in [-0.25, -0.2) is 9.59 Å². The summed E-state index contributed by atoms with van der Waals surface area (Å²) in [5.41, 5.74) is 2.49. The fourth-order valence-corrected chi connectivity index (χ4v) is 3.41. The number of carbonyl (C=O) groups is 3. The second-order valence-electron chi connectivity index (χ2n) is 7.89. The molecule has 0 aliphatic carbocycles. The molecule has 0 saturated carbocycles. The van der Waals surface area contributed by atoms with E-state index in [9.17, 15) is 19.5 Å². The zero-order valence-electron chi connectivity index (χ0n) is 18.0. The Bertz CT molecular complexity index is 1080. The van der Waals surface area contributed by atoms with Crippen molar-refractivity contribution in [1.29, 1.82) is 0 Å². The van der Waals surface area contributed by atoms with Crippen LogP contribution in [-0.4, -0.2) is 40.1 Å². The summed E-state index contributed by atoms with van der Waals surface area (Å²) in [7, 11) is 0. The van der Waals surface area contributed by atoms with Crippen molar-refractivity contribution in [3.05, 3.63) is 71.9 Å². The van der Waals surface area contributed by atoms with Crippen LogP contribution in [0.4, 0.5) is 4.79 Å². The minimum atomic E-state index is -1.15. The number of aliphatic carboxylic acids is 1. The Morgan fingerprint density at radius 3 is 2.38 bits per heavy atom. The Balaban J connectivity index is 1.63. The molecule has 2 aromatic carbocycles. The Kier molecular flexibility index (Phi) is 7.49. The molecule has 0 unspecified atom stereocenters. The van der Waals surface area contributed by atoms with E-state index in [1.165, 1.54) is 0 Å². The van der Waals surface area contributed by atoms with E-state index in [1.807, 2.05) is 54.6 Å². The lowest BCUT2D eigenvalue weighted by Gasteiger charge is -2.23. The minimum absolute atomic E-state index is 0.0669. The number of H-pyrrole nitrogens is 1. The van der Waals surface area contributed by atoms with Gasteiger partial charge in [-0.1, -0.05) is 62.4 Å². The summed E-state index contributed by atoms with van der Waals surface area (Å²) in [5, 5.41) is 15.7. The number of hydrogen-bond donors (Lipinski definition) is 4. The number of nitrogens with one attached hydrogen (secondary N) is 3. The smallest absolute Gasteiger partial charge is 0.408 e. The van der Waals surface area contributed by atoms with Crippen molar-refractivity contribution < 1.29 is 24.2 Å². The molecule has 8 nitrogen and oxygen atoms in total. The van der Waals surface area contributed by atoms with Crippen molar-refractivity contribution in [2.24, 2.45) is 5.92 Å². The number of carbonyl (C=O) groups excluding carboxylic acids is 2. The molecule has 0 radical (unpaired) electrons. The molecule has 2 amide bonds. The third kappa shape index (κ3) is 5.87. The molecule has 32 heavy (non-hydrogen) atoms. The Hall–Kier alpha value is -3.81. The summed E-state index contributed by atoms with van der Waals surface area (Å²) >= 11 is 0. The van der Waals surface area contributed by atoms with Gasteiger partial charge in [-0.05, 0) is 23.1 Å². The third-order valence-corrected chi connectivity index (χ3v) is 5.15. The number of para-hydroxylation sites is 1. The van der Waals surface area contributed by atoms with Gasteiger partial charge in [-0.2, -0.15) is 0 Å². The number of carboxylic acids is 1. The van der Waals surface area contributed by atoms with Gasteiger partial charge in [0.1, 0.15) is 18.7 Å². The largest absolute Gasteiger partial charge is 0.480 e. The molecule has 1 aromatic heterocycles. The molecule has 4 N–H and O–H groups in total. The summed E-state index contributed by atoms with van der Waals surface area (Å²) in [4.78, 5) is 40.0. The molecular weight excluding hydrogens is 410 g/mol. The average Bonchev–Trinajstić information content (AvgIpc) is 3.19. The Morgan fingerprint density at radius 2 is 1.69 bits per heavy atom. The van der Waals surface area contributed by atoms with Gasteiger partial charge in [0.25, 0.3) is 0 Å². The van der Waals surface area contributed by atoms with Crippen LogP contribution in [0.5, 0.6) is 0 Å². The maximum atomic E-state index is 12.8. The molecule has 0 aliphatic heterocycles. The fraction of sp³-hybridized carbons (Fsp3) is 0.292. The molecule has 1 heterocycles. The highest BCUT2D eigenvalue weighted by Crippen LogP contribution is 2.19. The standard InChI is InChI=1S/C24H27N3O5/c1-15(2)21(27-24(31)32-14-16-8-4-3-5-9-16)22(28)26-20(23(29)30)12-17-13-25-19-11-7-6-10-18(17)19/h3-11,13,15,20-21,25H,12,14H2,1-2H3,(H,26,28)(H,27,31)(H,29,30)/t20-,21+/m0/s1. The Morgan fingerprint density at radius 1 is 1.00 bits per heavy atom. The van der Waals surface area contributed by atoms with Crippen molar-refractivity contribution in [2.45, 2.75) is 39.0 Å². The molecule has 168 valence electrons. The zero-order chi connectivity index (χ0) is 23.1. The van der Waals surface area contributed by atoms with Crippen LogP contribution in [0.1, 0.15) is 25.0 Å². The van der Waals surface area contributed by atoms with E-state index in [1.54, 1.807) is 20.0 Å². The molecule has 3 aromatic rings. The summed E-state index contributed by atoms with van der Waals surface area (Å²) < 4.78 is 5.19. The SMILES string of the molecule is CC(C)[C@@H](NC(=O)OCc1ccccc1)C(=O)N[C@@H](Cc1c[nH]c2ccccc12)C(=O)O. The number of ether oxygens (including phenoxy) is 1. The van der Waals surface area contributed by atoms with Crippen LogP contribution in [0.15, 0.2) is 60.8 Å². The first-order valence-corrected chi connectivity index (χ1v) is 10.4. The maximum Gasteiger partial charge on any atom is 0.408 e.